The van der Waals surface area contributed by atoms with Gasteiger partial charge in [-0.25, -0.2) is 0 Å². The number of aromatic hydroxyl groups is 1. The number of phenols is 1. The monoisotopic (exact) mass is 517 g/mol. The van der Waals surface area contributed by atoms with Gasteiger partial charge in [0.05, 0.1) is 15.0 Å². The lowest BCUT2D eigenvalue weighted by Crippen LogP contribution is -2.17. The molecule has 0 unspecified atom stereocenters. The first-order valence-corrected chi connectivity index (χ1v) is 8.45. The molecule has 2 aromatic rings. The van der Waals surface area contributed by atoms with Crippen molar-refractivity contribution in [3.63, 3.8) is 0 Å². The minimum absolute atomic E-state index is 0.0179. The summed E-state index contributed by atoms with van der Waals surface area (Å²) in [6.07, 6.45) is -4.74. The third-order valence-corrected chi connectivity index (χ3v) is 5.03. The van der Waals surface area contributed by atoms with Crippen molar-refractivity contribution in [1.29, 1.82) is 0 Å². The number of rotatable bonds is 3. The largest absolute Gasteiger partial charge is 0.573 e. The molecule has 124 valence electrons. The highest BCUT2D eigenvalue weighted by Gasteiger charge is 2.31. The molecule has 3 N–H and O–H groups in total. The highest BCUT2D eigenvalue weighted by Crippen LogP contribution is 2.43. The molecule has 2 rings (SSSR count). The van der Waals surface area contributed by atoms with Gasteiger partial charge in [0.25, 0.3) is 0 Å². The van der Waals surface area contributed by atoms with Crippen molar-refractivity contribution in [2.45, 2.75) is 12.4 Å². The lowest BCUT2D eigenvalue weighted by Gasteiger charge is -2.18. The maximum atomic E-state index is 12.2. The average molecular weight is 520 g/mol. The van der Waals surface area contributed by atoms with Crippen LogP contribution in [0, 0.1) is 0 Å². The van der Waals surface area contributed by atoms with E-state index in [1.54, 1.807) is 6.07 Å². The van der Waals surface area contributed by atoms with Crippen molar-refractivity contribution in [3.8, 4) is 11.5 Å². The molecule has 1 atom stereocenters. The van der Waals surface area contributed by atoms with Gasteiger partial charge in [0.1, 0.15) is 11.5 Å². The molecule has 0 saturated heterocycles. The van der Waals surface area contributed by atoms with Crippen LogP contribution in [0.1, 0.15) is 17.2 Å². The fourth-order valence-corrected chi connectivity index (χ4v) is 4.54. The molecule has 0 bridgehead atoms. The molecule has 0 aliphatic rings. The first-order chi connectivity index (χ1) is 10.6. The van der Waals surface area contributed by atoms with Crippen LogP contribution in [0.5, 0.6) is 11.5 Å². The van der Waals surface area contributed by atoms with E-state index in [4.69, 9.17) is 5.73 Å². The van der Waals surface area contributed by atoms with E-state index in [0.717, 1.165) is 0 Å². The molecule has 9 heteroatoms. The quantitative estimate of drug-likeness (QED) is 0.553. The van der Waals surface area contributed by atoms with Crippen LogP contribution in [-0.2, 0) is 0 Å². The zero-order chi connectivity index (χ0) is 17.4. The lowest BCUT2D eigenvalue weighted by atomic mass is 9.99. The van der Waals surface area contributed by atoms with Crippen LogP contribution in [0.4, 0.5) is 13.2 Å². The van der Waals surface area contributed by atoms with Gasteiger partial charge in [-0.15, -0.1) is 13.2 Å². The molecule has 0 aliphatic heterocycles. The topological polar surface area (TPSA) is 55.5 Å². The average Bonchev–Trinajstić information content (AvgIpc) is 2.44. The van der Waals surface area contributed by atoms with Gasteiger partial charge in [0.2, 0.25) is 0 Å². The normalized spacial score (nSPS) is 13.0. The van der Waals surface area contributed by atoms with Crippen molar-refractivity contribution in [2.24, 2.45) is 5.73 Å². The van der Waals surface area contributed by atoms with Gasteiger partial charge < -0.3 is 15.6 Å². The summed E-state index contributed by atoms with van der Waals surface area (Å²) in [7, 11) is 0. The van der Waals surface area contributed by atoms with Gasteiger partial charge in [-0.05, 0) is 55.6 Å². The standard InChI is InChI=1S/C14H9Br3F3NO2/c15-8-5-9(16)13(22)11(17)10(8)12(21)6-1-3-7(4-2-6)23-14(18,19)20/h1-5,12,22H,21H2/t12-/m0/s1. The van der Waals surface area contributed by atoms with Crippen molar-refractivity contribution >= 4 is 47.8 Å². The van der Waals surface area contributed by atoms with E-state index >= 15 is 0 Å². The third kappa shape index (κ3) is 4.40. The summed E-state index contributed by atoms with van der Waals surface area (Å²) < 4.78 is 41.8. The van der Waals surface area contributed by atoms with Crippen LogP contribution in [0.25, 0.3) is 0 Å². The summed E-state index contributed by atoms with van der Waals surface area (Å²) >= 11 is 9.83. The van der Waals surface area contributed by atoms with Crippen LogP contribution in [0.2, 0.25) is 0 Å². The molecule has 0 radical (unpaired) electrons. The van der Waals surface area contributed by atoms with Gasteiger partial charge in [-0.3, -0.25) is 0 Å². The fourth-order valence-electron chi connectivity index (χ4n) is 1.92. The van der Waals surface area contributed by atoms with Gasteiger partial charge in [0.15, 0.2) is 0 Å². The van der Waals surface area contributed by atoms with Crippen molar-refractivity contribution < 1.29 is 23.0 Å². The summed E-state index contributed by atoms with van der Waals surface area (Å²) in [4.78, 5) is 0. The molecule has 0 amide bonds. The molecule has 0 aliphatic carbocycles. The Hall–Kier alpha value is -0.770. The molecule has 0 fully saturated rings. The smallest absolute Gasteiger partial charge is 0.506 e. The predicted molar refractivity (Wildman–Crippen MR) is 90.4 cm³/mol. The Kier molecular flexibility index (Phi) is 5.65. The Morgan fingerprint density at radius 2 is 1.61 bits per heavy atom. The van der Waals surface area contributed by atoms with Gasteiger partial charge in [-0.2, -0.15) is 0 Å². The summed E-state index contributed by atoms with van der Waals surface area (Å²) in [5.74, 6) is -0.346. The predicted octanol–water partition coefficient (Wildman–Crippen LogP) is 5.63. The Labute approximate surface area is 155 Å². The fraction of sp³-hybridized carbons (Fsp3) is 0.143. The van der Waals surface area contributed by atoms with Crippen LogP contribution < -0.4 is 10.5 Å². The van der Waals surface area contributed by atoms with Crippen LogP contribution in [0.15, 0.2) is 43.7 Å². The highest BCUT2D eigenvalue weighted by molar-refractivity contribution is 9.11. The second-order valence-electron chi connectivity index (χ2n) is 4.51. The number of benzene rings is 2. The van der Waals surface area contributed by atoms with Gasteiger partial charge in [-0.1, -0.05) is 28.1 Å². The molecule has 23 heavy (non-hydrogen) atoms. The molecule has 0 aromatic heterocycles. The van der Waals surface area contributed by atoms with Crippen LogP contribution in [-0.4, -0.2) is 11.5 Å². The zero-order valence-electron chi connectivity index (χ0n) is 11.2. The highest BCUT2D eigenvalue weighted by atomic mass is 79.9. The van der Waals surface area contributed by atoms with E-state index < -0.39 is 12.4 Å². The molecular weight excluding hydrogens is 511 g/mol. The molecular formula is C14H9Br3F3NO2. The number of hydrogen-bond donors (Lipinski definition) is 2. The Bertz CT molecular complexity index is 721. The number of nitrogens with two attached hydrogens (primary N) is 1. The number of phenolic OH excluding ortho intramolecular Hbond substituents is 1. The van der Waals surface area contributed by atoms with Crippen LogP contribution >= 0.6 is 47.8 Å². The maximum Gasteiger partial charge on any atom is 0.573 e. The Morgan fingerprint density at radius 3 is 2.13 bits per heavy atom. The summed E-state index contributed by atoms with van der Waals surface area (Å²) in [5, 5.41) is 9.96. The molecule has 0 heterocycles. The second kappa shape index (κ2) is 7.00. The number of hydrogen-bond acceptors (Lipinski definition) is 3. The van der Waals surface area contributed by atoms with Gasteiger partial charge >= 0.3 is 6.36 Å². The Balaban J connectivity index is 2.35. The van der Waals surface area contributed by atoms with Crippen molar-refractivity contribution in [3.05, 3.63) is 54.9 Å². The molecule has 0 spiro atoms. The maximum absolute atomic E-state index is 12.2. The van der Waals surface area contributed by atoms with E-state index in [0.29, 0.717) is 24.5 Å². The summed E-state index contributed by atoms with van der Waals surface area (Å²) in [6, 6.07) is 6.20. The first kappa shape index (κ1) is 18.6. The van der Waals surface area contributed by atoms with E-state index in [-0.39, 0.29) is 11.5 Å². The summed E-state index contributed by atoms with van der Waals surface area (Å²) in [5.41, 5.74) is 7.29. The van der Waals surface area contributed by atoms with Gasteiger partial charge in [0, 0.05) is 10.0 Å². The Morgan fingerprint density at radius 1 is 1.04 bits per heavy atom. The summed E-state index contributed by atoms with van der Waals surface area (Å²) in [6.45, 7) is 0. The van der Waals surface area contributed by atoms with E-state index in [1.807, 2.05) is 0 Å². The molecule has 0 saturated carbocycles. The van der Waals surface area contributed by atoms with Crippen molar-refractivity contribution in [1.82, 2.24) is 0 Å². The van der Waals surface area contributed by atoms with Crippen LogP contribution in [0.3, 0.4) is 0 Å². The minimum Gasteiger partial charge on any atom is -0.506 e. The molecule has 2 aromatic carbocycles. The third-order valence-electron chi connectivity index (χ3n) is 2.97. The number of alkyl halides is 3. The molecule has 3 nitrogen and oxygen atoms in total. The SMILES string of the molecule is N[C@@H](c1ccc(OC(F)(F)F)cc1)c1c(Br)cc(Br)c(O)c1Br. The number of halogens is 6. The zero-order valence-corrected chi connectivity index (χ0v) is 15.9. The minimum atomic E-state index is -4.74. The van der Waals surface area contributed by atoms with E-state index in [1.165, 1.54) is 24.3 Å². The lowest BCUT2D eigenvalue weighted by molar-refractivity contribution is -0.274. The van der Waals surface area contributed by atoms with Crippen molar-refractivity contribution in [2.75, 3.05) is 0 Å². The number of ether oxygens (including phenoxy) is 1. The first-order valence-electron chi connectivity index (χ1n) is 6.08. The van der Waals surface area contributed by atoms with E-state index in [9.17, 15) is 18.3 Å². The van der Waals surface area contributed by atoms with E-state index in [2.05, 4.69) is 52.5 Å². The second-order valence-corrected chi connectivity index (χ2v) is 7.01.